The summed E-state index contributed by atoms with van der Waals surface area (Å²) >= 11 is 5.72. The lowest BCUT2D eigenvalue weighted by atomic mass is 10.2. The average molecular weight is 296 g/mol. The van der Waals surface area contributed by atoms with Gasteiger partial charge < -0.3 is 15.8 Å². The van der Waals surface area contributed by atoms with E-state index in [2.05, 4.69) is 10.3 Å². The molecule has 1 aromatic heterocycles. The van der Waals surface area contributed by atoms with Crippen LogP contribution >= 0.6 is 11.6 Å². The zero-order chi connectivity index (χ0) is 14.7. The summed E-state index contributed by atoms with van der Waals surface area (Å²) < 4.78 is 18.1. The predicted octanol–water partition coefficient (Wildman–Crippen LogP) is 2.72. The maximum absolute atomic E-state index is 13.3. The van der Waals surface area contributed by atoms with Gasteiger partial charge in [0.05, 0.1) is 24.6 Å². The van der Waals surface area contributed by atoms with Crippen LogP contribution < -0.4 is 15.8 Å². The summed E-state index contributed by atoms with van der Waals surface area (Å²) in [6.45, 7) is 0. The van der Waals surface area contributed by atoms with E-state index in [1.165, 1.54) is 37.6 Å². The average Bonchev–Trinajstić information content (AvgIpc) is 2.43. The fourth-order valence-corrected chi connectivity index (χ4v) is 1.73. The number of benzene rings is 1. The molecule has 7 heteroatoms. The molecule has 3 N–H and O–H groups in total. The van der Waals surface area contributed by atoms with Crippen LogP contribution in [-0.2, 0) is 0 Å². The van der Waals surface area contributed by atoms with E-state index in [1.54, 1.807) is 0 Å². The largest absolute Gasteiger partial charge is 0.494 e. The molecule has 5 nitrogen and oxygen atoms in total. The minimum atomic E-state index is -0.517. The van der Waals surface area contributed by atoms with Gasteiger partial charge in [-0.1, -0.05) is 11.6 Å². The lowest BCUT2D eigenvalue weighted by Crippen LogP contribution is -2.14. The zero-order valence-corrected chi connectivity index (χ0v) is 11.2. The lowest BCUT2D eigenvalue weighted by molar-refractivity contribution is 0.102. The first-order valence-electron chi connectivity index (χ1n) is 5.57. The minimum Gasteiger partial charge on any atom is -0.494 e. The first kappa shape index (κ1) is 14.1. The number of amides is 1. The van der Waals surface area contributed by atoms with Crippen molar-refractivity contribution in [1.82, 2.24) is 4.98 Å². The molecule has 1 heterocycles. The number of aromatic nitrogens is 1. The van der Waals surface area contributed by atoms with Crippen molar-refractivity contribution in [2.24, 2.45) is 0 Å². The number of ether oxygens (including phenoxy) is 1. The molecule has 2 aromatic rings. The highest BCUT2D eigenvalue weighted by molar-refractivity contribution is 6.30. The Morgan fingerprint density at radius 2 is 2.20 bits per heavy atom. The highest BCUT2D eigenvalue weighted by Crippen LogP contribution is 2.23. The van der Waals surface area contributed by atoms with Crippen molar-refractivity contribution in [3.63, 3.8) is 0 Å². The number of carbonyl (C=O) groups is 1. The van der Waals surface area contributed by atoms with Gasteiger partial charge in [0.25, 0.3) is 5.91 Å². The van der Waals surface area contributed by atoms with Crippen molar-refractivity contribution in [2.45, 2.75) is 0 Å². The number of nitrogens with zero attached hydrogens (tertiary/aromatic N) is 1. The number of carbonyl (C=O) groups excluding carboxylic acids is 1. The van der Waals surface area contributed by atoms with Crippen LogP contribution in [0.1, 0.15) is 10.4 Å². The van der Waals surface area contributed by atoms with Crippen LogP contribution in [-0.4, -0.2) is 18.0 Å². The normalized spacial score (nSPS) is 10.2. The first-order chi connectivity index (χ1) is 9.51. The molecule has 0 aliphatic heterocycles. The predicted molar refractivity (Wildman–Crippen MR) is 74.6 cm³/mol. The summed E-state index contributed by atoms with van der Waals surface area (Å²) in [6.07, 6.45) is 1.29. The fraction of sp³-hybridized carbons (Fsp3) is 0.0769. The van der Waals surface area contributed by atoms with E-state index in [0.717, 1.165) is 0 Å². The second-order valence-corrected chi connectivity index (χ2v) is 4.28. The molecule has 2 rings (SSSR count). The molecule has 0 spiro atoms. The number of hydrogen-bond donors (Lipinski definition) is 2. The van der Waals surface area contributed by atoms with E-state index < -0.39 is 11.7 Å². The molecule has 20 heavy (non-hydrogen) atoms. The van der Waals surface area contributed by atoms with Crippen molar-refractivity contribution in [3.05, 3.63) is 47.0 Å². The van der Waals surface area contributed by atoms with Crippen LogP contribution in [0.3, 0.4) is 0 Å². The molecule has 0 fully saturated rings. The topological polar surface area (TPSA) is 77.2 Å². The van der Waals surface area contributed by atoms with Gasteiger partial charge in [-0.15, -0.1) is 0 Å². The van der Waals surface area contributed by atoms with Crippen molar-refractivity contribution in [3.8, 4) is 5.75 Å². The van der Waals surface area contributed by atoms with Crippen LogP contribution in [0, 0.1) is 5.82 Å². The highest BCUT2D eigenvalue weighted by atomic mass is 35.5. The van der Waals surface area contributed by atoms with Crippen LogP contribution in [0.25, 0.3) is 0 Å². The van der Waals surface area contributed by atoms with Crippen molar-refractivity contribution in [2.75, 3.05) is 18.2 Å². The van der Waals surface area contributed by atoms with Gasteiger partial charge in [0.1, 0.15) is 5.15 Å². The van der Waals surface area contributed by atoms with Gasteiger partial charge in [0.15, 0.2) is 11.6 Å². The summed E-state index contributed by atoms with van der Waals surface area (Å²) in [5, 5.41) is 2.73. The van der Waals surface area contributed by atoms with E-state index in [1.807, 2.05) is 0 Å². The fourth-order valence-electron chi connectivity index (χ4n) is 1.57. The number of hydrogen-bond acceptors (Lipinski definition) is 4. The van der Waals surface area contributed by atoms with E-state index in [4.69, 9.17) is 22.1 Å². The highest BCUT2D eigenvalue weighted by Gasteiger charge is 2.12. The number of rotatable bonds is 3. The summed E-state index contributed by atoms with van der Waals surface area (Å²) in [5.41, 5.74) is 6.42. The van der Waals surface area contributed by atoms with Gasteiger partial charge in [-0.25, -0.2) is 9.37 Å². The van der Waals surface area contributed by atoms with Gasteiger partial charge in [-0.3, -0.25) is 4.79 Å². The zero-order valence-electron chi connectivity index (χ0n) is 10.5. The van der Waals surface area contributed by atoms with Crippen molar-refractivity contribution in [1.29, 1.82) is 0 Å². The van der Waals surface area contributed by atoms with Gasteiger partial charge in [-0.05, 0) is 18.2 Å². The molecule has 1 amide bonds. The Balaban J connectivity index is 2.25. The third kappa shape index (κ3) is 2.97. The first-order valence-corrected chi connectivity index (χ1v) is 5.95. The molecule has 0 atom stereocenters. The van der Waals surface area contributed by atoms with E-state index in [0.29, 0.717) is 5.69 Å². The number of pyridine rings is 1. The number of anilines is 2. The number of nitrogens with two attached hydrogens (primary N) is 1. The summed E-state index contributed by atoms with van der Waals surface area (Å²) in [4.78, 5) is 15.8. The van der Waals surface area contributed by atoms with Crippen LogP contribution in [0.5, 0.6) is 5.75 Å². The summed E-state index contributed by atoms with van der Waals surface area (Å²) in [5.74, 6) is -0.957. The Morgan fingerprint density at radius 1 is 1.45 bits per heavy atom. The van der Waals surface area contributed by atoms with Gasteiger partial charge >= 0.3 is 0 Å². The minimum absolute atomic E-state index is 0.0310. The Morgan fingerprint density at radius 3 is 2.90 bits per heavy atom. The van der Waals surface area contributed by atoms with E-state index in [-0.39, 0.29) is 22.2 Å². The van der Waals surface area contributed by atoms with E-state index in [9.17, 15) is 9.18 Å². The van der Waals surface area contributed by atoms with Gasteiger partial charge in [0, 0.05) is 11.8 Å². The molecule has 0 unspecified atom stereocenters. The Hall–Kier alpha value is -2.34. The number of halogens is 2. The molecular weight excluding hydrogens is 285 g/mol. The molecule has 0 saturated heterocycles. The number of nitrogens with one attached hydrogen (secondary N) is 1. The Labute approximate surface area is 119 Å². The molecule has 104 valence electrons. The van der Waals surface area contributed by atoms with E-state index >= 15 is 0 Å². The Bertz CT molecular complexity index is 664. The van der Waals surface area contributed by atoms with Crippen LogP contribution in [0.4, 0.5) is 15.8 Å². The third-order valence-electron chi connectivity index (χ3n) is 2.56. The molecule has 0 saturated carbocycles. The molecule has 0 radical (unpaired) electrons. The van der Waals surface area contributed by atoms with Gasteiger partial charge in [0.2, 0.25) is 0 Å². The van der Waals surface area contributed by atoms with Crippen molar-refractivity contribution >= 4 is 28.9 Å². The quantitative estimate of drug-likeness (QED) is 0.854. The monoisotopic (exact) mass is 295 g/mol. The number of methoxy groups -OCH3 is 1. The maximum atomic E-state index is 13.3. The summed E-state index contributed by atoms with van der Waals surface area (Å²) in [6, 6.07) is 5.32. The standard InChI is InChI=1S/C13H11ClFN3O2/c1-20-11-4-7(2-3-9(11)15)18-13(19)8-5-12(14)17-6-10(8)16/h2-6H,16H2,1H3,(H,18,19). The molecule has 1 aromatic carbocycles. The van der Waals surface area contributed by atoms with Crippen LogP contribution in [0.15, 0.2) is 30.5 Å². The molecule has 0 bridgehead atoms. The second-order valence-electron chi connectivity index (χ2n) is 3.90. The van der Waals surface area contributed by atoms with Crippen LogP contribution in [0.2, 0.25) is 5.15 Å². The molecular formula is C13H11ClFN3O2. The second kappa shape index (κ2) is 5.75. The summed E-state index contributed by atoms with van der Waals surface area (Å²) in [7, 11) is 1.34. The Kier molecular flexibility index (Phi) is 4.05. The molecule has 0 aliphatic carbocycles. The lowest BCUT2D eigenvalue weighted by Gasteiger charge is -2.09. The van der Waals surface area contributed by atoms with Crippen molar-refractivity contribution < 1.29 is 13.9 Å². The number of nitrogen functional groups attached to an aromatic ring is 1. The SMILES string of the molecule is COc1cc(NC(=O)c2cc(Cl)ncc2N)ccc1F. The molecule has 0 aliphatic rings. The third-order valence-corrected chi connectivity index (χ3v) is 2.76. The maximum Gasteiger partial charge on any atom is 0.257 e. The van der Waals surface area contributed by atoms with Gasteiger partial charge in [-0.2, -0.15) is 0 Å². The smallest absolute Gasteiger partial charge is 0.257 e.